The van der Waals surface area contributed by atoms with Crippen molar-refractivity contribution in [2.75, 3.05) is 46.2 Å². The lowest BCUT2D eigenvalue weighted by Crippen LogP contribution is -2.42. The summed E-state index contributed by atoms with van der Waals surface area (Å²) in [5.74, 6) is -0.0803. The van der Waals surface area contributed by atoms with Crippen molar-refractivity contribution in [3.05, 3.63) is 0 Å². The van der Waals surface area contributed by atoms with E-state index in [1.54, 1.807) is 21.0 Å². The van der Waals surface area contributed by atoms with Crippen LogP contribution in [0.4, 0.5) is 0 Å². The predicted molar refractivity (Wildman–Crippen MR) is 68.7 cm³/mol. The van der Waals surface area contributed by atoms with E-state index in [0.717, 1.165) is 6.42 Å². The highest BCUT2D eigenvalue weighted by atomic mass is 32.2. The highest BCUT2D eigenvalue weighted by Gasteiger charge is 2.29. The zero-order chi connectivity index (χ0) is 13.8. The summed E-state index contributed by atoms with van der Waals surface area (Å²) < 4.78 is 30.8. The lowest BCUT2D eigenvalue weighted by molar-refractivity contribution is -0.128. The highest BCUT2D eigenvalue weighted by molar-refractivity contribution is 7.89. The van der Waals surface area contributed by atoms with Gasteiger partial charge in [-0.1, -0.05) is 6.92 Å². The quantitative estimate of drug-likeness (QED) is 0.673. The van der Waals surface area contributed by atoms with E-state index in [2.05, 4.69) is 0 Å². The monoisotopic (exact) mass is 278 g/mol. The van der Waals surface area contributed by atoms with E-state index >= 15 is 0 Å². The fourth-order valence-electron chi connectivity index (χ4n) is 1.82. The van der Waals surface area contributed by atoms with Crippen molar-refractivity contribution in [1.82, 2.24) is 9.21 Å². The fourth-order valence-corrected chi connectivity index (χ4v) is 3.59. The zero-order valence-corrected chi connectivity index (χ0v) is 12.1. The molecular formula is C11H22N2O4S. The molecule has 0 aromatic carbocycles. The van der Waals surface area contributed by atoms with Crippen molar-refractivity contribution < 1.29 is 17.9 Å². The van der Waals surface area contributed by atoms with Crippen LogP contribution in [0.5, 0.6) is 0 Å². The third kappa shape index (κ3) is 4.22. The van der Waals surface area contributed by atoms with Gasteiger partial charge in [0.25, 0.3) is 0 Å². The summed E-state index contributed by atoms with van der Waals surface area (Å²) in [6, 6.07) is 0. The maximum absolute atomic E-state index is 12.2. The number of likely N-dealkylation sites (N-methyl/N-ethyl adjacent to an activating group) is 2. The van der Waals surface area contributed by atoms with Crippen LogP contribution in [0.2, 0.25) is 0 Å². The lowest BCUT2D eigenvalue weighted by atomic mass is 10.2. The van der Waals surface area contributed by atoms with Gasteiger partial charge in [0, 0.05) is 27.2 Å². The summed E-state index contributed by atoms with van der Waals surface area (Å²) in [4.78, 5) is 13.0. The second-order valence-electron chi connectivity index (χ2n) is 4.72. The Morgan fingerprint density at radius 1 is 1.39 bits per heavy atom. The first-order valence-electron chi connectivity index (χ1n) is 6.12. The van der Waals surface area contributed by atoms with Gasteiger partial charge in [-0.3, -0.25) is 4.79 Å². The number of nitrogens with zero attached hydrogens (tertiary/aromatic N) is 2. The fraction of sp³-hybridized carbons (Fsp3) is 0.909. The van der Waals surface area contributed by atoms with Gasteiger partial charge >= 0.3 is 0 Å². The molecule has 0 bridgehead atoms. The van der Waals surface area contributed by atoms with Gasteiger partial charge in [-0.05, 0) is 12.3 Å². The van der Waals surface area contributed by atoms with Crippen molar-refractivity contribution in [2.24, 2.45) is 5.92 Å². The Kier molecular flexibility index (Phi) is 5.55. The van der Waals surface area contributed by atoms with E-state index in [1.165, 1.54) is 9.21 Å². The molecule has 1 unspecified atom stereocenters. The molecule has 1 atom stereocenters. The number of ether oxygens (including phenoxy) is 1. The SMILES string of the molecule is CCN(CC(=O)N(C)C)S(=O)(=O)CC1CCOC1. The molecule has 7 heteroatoms. The molecule has 1 rings (SSSR count). The van der Waals surface area contributed by atoms with E-state index in [0.29, 0.717) is 19.8 Å². The highest BCUT2D eigenvalue weighted by Crippen LogP contribution is 2.16. The summed E-state index contributed by atoms with van der Waals surface area (Å²) in [6.45, 7) is 3.10. The Hall–Kier alpha value is -0.660. The standard InChI is InChI=1S/C11H22N2O4S/c1-4-13(7-11(14)12(2)3)18(15,16)9-10-5-6-17-8-10/h10H,4-9H2,1-3H3. The van der Waals surface area contributed by atoms with E-state index < -0.39 is 10.0 Å². The number of hydrogen-bond donors (Lipinski definition) is 0. The Labute approximate surface area is 109 Å². The predicted octanol–water partition coefficient (Wildman–Crippen LogP) is -0.237. The number of amides is 1. The summed E-state index contributed by atoms with van der Waals surface area (Å²) >= 11 is 0. The Bertz CT molecular complexity index is 375. The third-order valence-electron chi connectivity index (χ3n) is 3.03. The van der Waals surface area contributed by atoms with Gasteiger partial charge in [0.05, 0.1) is 18.9 Å². The number of hydrogen-bond acceptors (Lipinski definition) is 4. The van der Waals surface area contributed by atoms with Crippen LogP contribution in [-0.4, -0.2) is 69.7 Å². The molecule has 18 heavy (non-hydrogen) atoms. The second kappa shape index (κ2) is 6.49. The molecule has 0 aliphatic carbocycles. The molecule has 0 aromatic rings. The topological polar surface area (TPSA) is 66.9 Å². The number of rotatable bonds is 6. The van der Waals surface area contributed by atoms with Crippen molar-refractivity contribution in [3.63, 3.8) is 0 Å². The smallest absolute Gasteiger partial charge is 0.237 e. The van der Waals surface area contributed by atoms with E-state index in [9.17, 15) is 13.2 Å². The van der Waals surface area contributed by atoms with Crippen molar-refractivity contribution in [2.45, 2.75) is 13.3 Å². The molecule has 106 valence electrons. The lowest BCUT2D eigenvalue weighted by Gasteiger charge is -2.23. The first-order chi connectivity index (χ1) is 8.36. The molecule has 1 aliphatic rings. The minimum atomic E-state index is -3.38. The molecule has 0 N–H and O–H groups in total. The van der Waals surface area contributed by atoms with Crippen LogP contribution in [0.25, 0.3) is 0 Å². The largest absolute Gasteiger partial charge is 0.381 e. The molecule has 1 saturated heterocycles. The Morgan fingerprint density at radius 3 is 2.50 bits per heavy atom. The van der Waals surface area contributed by atoms with Gasteiger partial charge in [0.2, 0.25) is 15.9 Å². The molecule has 0 saturated carbocycles. The van der Waals surface area contributed by atoms with E-state index in [-0.39, 0.29) is 24.1 Å². The van der Waals surface area contributed by atoms with Crippen LogP contribution in [-0.2, 0) is 19.6 Å². The molecule has 1 fully saturated rings. The third-order valence-corrected chi connectivity index (χ3v) is 5.09. The van der Waals surface area contributed by atoms with Crippen LogP contribution in [0, 0.1) is 5.92 Å². The average Bonchev–Trinajstić information content (AvgIpc) is 2.76. The summed E-state index contributed by atoms with van der Waals surface area (Å²) in [5, 5.41) is 0. The summed E-state index contributed by atoms with van der Waals surface area (Å²) in [5.41, 5.74) is 0. The minimum absolute atomic E-state index is 0.0542. The average molecular weight is 278 g/mol. The molecule has 1 amide bonds. The van der Waals surface area contributed by atoms with Gasteiger partial charge in [0.1, 0.15) is 0 Å². The first kappa shape index (κ1) is 15.4. The summed E-state index contributed by atoms with van der Waals surface area (Å²) in [7, 11) is -0.141. The molecule has 0 radical (unpaired) electrons. The maximum atomic E-state index is 12.2. The maximum Gasteiger partial charge on any atom is 0.237 e. The van der Waals surface area contributed by atoms with Crippen LogP contribution in [0.1, 0.15) is 13.3 Å². The van der Waals surface area contributed by atoms with Gasteiger partial charge in [0.15, 0.2) is 0 Å². The zero-order valence-electron chi connectivity index (χ0n) is 11.3. The normalized spacial score (nSPS) is 20.3. The molecular weight excluding hydrogens is 256 g/mol. The molecule has 6 nitrogen and oxygen atoms in total. The van der Waals surface area contributed by atoms with Crippen molar-refractivity contribution >= 4 is 15.9 Å². The number of carbonyl (C=O) groups excluding carboxylic acids is 1. The number of sulfonamides is 1. The van der Waals surface area contributed by atoms with Crippen LogP contribution in [0.3, 0.4) is 0 Å². The van der Waals surface area contributed by atoms with E-state index in [4.69, 9.17) is 4.74 Å². The molecule has 1 heterocycles. The number of carbonyl (C=O) groups is 1. The minimum Gasteiger partial charge on any atom is -0.381 e. The van der Waals surface area contributed by atoms with Gasteiger partial charge in [-0.15, -0.1) is 0 Å². The Balaban J connectivity index is 2.64. The van der Waals surface area contributed by atoms with Crippen LogP contribution in [0.15, 0.2) is 0 Å². The summed E-state index contributed by atoms with van der Waals surface area (Å²) in [6.07, 6.45) is 0.776. The van der Waals surface area contributed by atoms with Crippen LogP contribution < -0.4 is 0 Å². The molecule has 0 spiro atoms. The van der Waals surface area contributed by atoms with Gasteiger partial charge in [-0.25, -0.2) is 8.42 Å². The van der Waals surface area contributed by atoms with Crippen LogP contribution >= 0.6 is 0 Å². The second-order valence-corrected chi connectivity index (χ2v) is 6.74. The Morgan fingerprint density at radius 2 is 2.06 bits per heavy atom. The molecule has 0 aromatic heterocycles. The van der Waals surface area contributed by atoms with E-state index in [1.807, 2.05) is 0 Å². The van der Waals surface area contributed by atoms with Crippen molar-refractivity contribution in [1.29, 1.82) is 0 Å². The van der Waals surface area contributed by atoms with Crippen molar-refractivity contribution in [3.8, 4) is 0 Å². The molecule has 1 aliphatic heterocycles. The van der Waals surface area contributed by atoms with Gasteiger partial charge in [-0.2, -0.15) is 4.31 Å². The van der Waals surface area contributed by atoms with Gasteiger partial charge < -0.3 is 9.64 Å². The first-order valence-corrected chi connectivity index (χ1v) is 7.73.